The highest BCUT2D eigenvalue weighted by molar-refractivity contribution is 5.87. The molecule has 0 atom stereocenters. The molecule has 3 saturated heterocycles. The number of carbonyl (C=O) groups is 2. The number of hydrogen-bond donors (Lipinski definition) is 1. The molecule has 2 amide bonds. The number of nitrogens with zero attached hydrogens (tertiary/aromatic N) is 3. The molecule has 3 aliphatic rings. The minimum absolute atomic E-state index is 0.120. The Morgan fingerprint density at radius 3 is 2.36 bits per heavy atom. The van der Waals surface area contributed by atoms with Crippen molar-refractivity contribution in [3.05, 3.63) is 0 Å². The first kappa shape index (κ1) is 15.7. The lowest BCUT2D eigenvalue weighted by Crippen LogP contribution is -2.58. The van der Waals surface area contributed by atoms with Gasteiger partial charge in [-0.3, -0.25) is 9.59 Å². The van der Waals surface area contributed by atoms with E-state index in [2.05, 4.69) is 17.3 Å². The maximum atomic E-state index is 12.6. The lowest BCUT2D eigenvalue weighted by Gasteiger charge is -2.42. The summed E-state index contributed by atoms with van der Waals surface area (Å²) in [6.07, 6.45) is 3.93. The summed E-state index contributed by atoms with van der Waals surface area (Å²) >= 11 is 0. The van der Waals surface area contributed by atoms with E-state index in [1.165, 1.54) is 0 Å². The molecular weight excluding hydrogens is 280 g/mol. The van der Waals surface area contributed by atoms with Gasteiger partial charge in [-0.1, -0.05) is 0 Å². The van der Waals surface area contributed by atoms with Crippen LogP contribution >= 0.6 is 0 Å². The molecular formula is C16H28N4O2. The summed E-state index contributed by atoms with van der Waals surface area (Å²) in [6.45, 7) is 5.66. The van der Waals surface area contributed by atoms with E-state index >= 15 is 0 Å². The number of carbonyl (C=O) groups excluding carboxylic acids is 2. The Bertz CT molecular complexity index is 414. The third-order valence-corrected chi connectivity index (χ3v) is 5.39. The van der Waals surface area contributed by atoms with Crippen molar-refractivity contribution >= 4 is 11.8 Å². The van der Waals surface area contributed by atoms with E-state index in [1.54, 1.807) is 4.90 Å². The number of hydrogen-bond acceptors (Lipinski definition) is 4. The highest BCUT2D eigenvalue weighted by Crippen LogP contribution is 2.21. The lowest BCUT2D eigenvalue weighted by atomic mass is 9.95. The molecule has 6 nitrogen and oxygen atoms in total. The number of nitrogens with one attached hydrogen (secondary N) is 1. The van der Waals surface area contributed by atoms with E-state index in [1.807, 2.05) is 4.90 Å². The van der Waals surface area contributed by atoms with Crippen LogP contribution in [-0.4, -0.2) is 85.4 Å². The fraction of sp³-hybridized carbons (Fsp3) is 0.875. The summed E-state index contributed by atoms with van der Waals surface area (Å²) in [7, 11) is 2.10. The second kappa shape index (κ2) is 6.96. The van der Waals surface area contributed by atoms with E-state index in [-0.39, 0.29) is 24.3 Å². The summed E-state index contributed by atoms with van der Waals surface area (Å²) in [6, 6.07) is 0.370. The second-order valence-corrected chi connectivity index (χ2v) is 6.91. The van der Waals surface area contributed by atoms with E-state index in [0.29, 0.717) is 19.1 Å². The third kappa shape index (κ3) is 3.43. The van der Waals surface area contributed by atoms with E-state index in [4.69, 9.17) is 0 Å². The fourth-order valence-electron chi connectivity index (χ4n) is 3.89. The highest BCUT2D eigenvalue weighted by atomic mass is 16.2. The van der Waals surface area contributed by atoms with Crippen LogP contribution in [0.4, 0.5) is 0 Å². The van der Waals surface area contributed by atoms with Crippen molar-refractivity contribution in [1.29, 1.82) is 0 Å². The fourth-order valence-corrected chi connectivity index (χ4v) is 3.89. The van der Waals surface area contributed by atoms with Gasteiger partial charge in [0.25, 0.3) is 0 Å². The zero-order valence-corrected chi connectivity index (χ0v) is 13.6. The predicted molar refractivity (Wildman–Crippen MR) is 84.4 cm³/mol. The Hall–Kier alpha value is -1.14. The third-order valence-electron chi connectivity index (χ3n) is 5.39. The Labute approximate surface area is 132 Å². The summed E-state index contributed by atoms with van der Waals surface area (Å²) in [5.74, 6) is 0.459. The van der Waals surface area contributed by atoms with Gasteiger partial charge in [0.15, 0.2) is 0 Å². The average molecular weight is 308 g/mol. The summed E-state index contributed by atoms with van der Waals surface area (Å²) in [5.41, 5.74) is 0. The van der Waals surface area contributed by atoms with Crippen LogP contribution in [0, 0.1) is 5.92 Å². The number of rotatable bonds is 2. The van der Waals surface area contributed by atoms with E-state index in [0.717, 1.165) is 51.9 Å². The van der Waals surface area contributed by atoms with Gasteiger partial charge in [-0.25, -0.2) is 0 Å². The van der Waals surface area contributed by atoms with Crippen LogP contribution in [0.3, 0.4) is 0 Å². The highest BCUT2D eigenvalue weighted by Gasteiger charge is 2.35. The molecule has 6 heteroatoms. The van der Waals surface area contributed by atoms with Crippen LogP contribution in [0.5, 0.6) is 0 Å². The van der Waals surface area contributed by atoms with Crippen LogP contribution in [0.25, 0.3) is 0 Å². The van der Waals surface area contributed by atoms with Crippen molar-refractivity contribution in [2.75, 3.05) is 52.9 Å². The summed E-state index contributed by atoms with van der Waals surface area (Å²) in [5, 5.41) is 3.34. The van der Waals surface area contributed by atoms with Gasteiger partial charge in [0.2, 0.25) is 11.8 Å². The maximum absolute atomic E-state index is 12.6. The van der Waals surface area contributed by atoms with E-state index in [9.17, 15) is 9.59 Å². The Balaban J connectivity index is 1.53. The summed E-state index contributed by atoms with van der Waals surface area (Å²) in [4.78, 5) is 31.1. The lowest BCUT2D eigenvalue weighted by molar-refractivity contribution is -0.150. The second-order valence-electron chi connectivity index (χ2n) is 6.91. The van der Waals surface area contributed by atoms with Crippen LogP contribution in [0.2, 0.25) is 0 Å². The van der Waals surface area contributed by atoms with Crippen molar-refractivity contribution in [2.24, 2.45) is 5.92 Å². The molecule has 0 spiro atoms. The van der Waals surface area contributed by atoms with Crippen molar-refractivity contribution in [3.63, 3.8) is 0 Å². The average Bonchev–Trinajstić information content (AvgIpc) is 2.55. The van der Waals surface area contributed by atoms with Crippen LogP contribution in [-0.2, 0) is 9.59 Å². The van der Waals surface area contributed by atoms with Gasteiger partial charge in [-0.15, -0.1) is 0 Å². The van der Waals surface area contributed by atoms with Gasteiger partial charge >= 0.3 is 0 Å². The molecule has 3 heterocycles. The molecule has 124 valence electrons. The number of amides is 2. The van der Waals surface area contributed by atoms with Gasteiger partial charge < -0.3 is 20.0 Å². The molecule has 0 aromatic heterocycles. The van der Waals surface area contributed by atoms with Crippen LogP contribution in [0.15, 0.2) is 0 Å². The minimum atomic E-state index is 0.120. The standard InChI is InChI=1S/C16H28N4O2/c1-18-8-4-13(5-9-18)16(22)19-10-11-20(15(21)12-19)14-2-6-17-7-3-14/h13-14,17H,2-12H2,1H3. The van der Waals surface area contributed by atoms with Crippen LogP contribution < -0.4 is 5.32 Å². The first-order valence-electron chi connectivity index (χ1n) is 8.62. The van der Waals surface area contributed by atoms with Gasteiger partial charge in [0.05, 0.1) is 6.54 Å². The molecule has 3 aliphatic heterocycles. The Kier molecular flexibility index (Phi) is 4.98. The van der Waals surface area contributed by atoms with E-state index < -0.39 is 0 Å². The molecule has 0 aromatic carbocycles. The first-order chi connectivity index (χ1) is 10.6. The topological polar surface area (TPSA) is 55.9 Å². The summed E-state index contributed by atoms with van der Waals surface area (Å²) < 4.78 is 0. The van der Waals surface area contributed by atoms with Crippen molar-refractivity contribution < 1.29 is 9.59 Å². The smallest absolute Gasteiger partial charge is 0.242 e. The molecule has 3 rings (SSSR count). The zero-order chi connectivity index (χ0) is 15.5. The molecule has 0 aromatic rings. The number of piperazine rings is 1. The molecule has 3 fully saturated rings. The first-order valence-corrected chi connectivity index (χ1v) is 8.62. The molecule has 0 unspecified atom stereocenters. The Morgan fingerprint density at radius 1 is 1.05 bits per heavy atom. The number of piperidine rings is 2. The zero-order valence-electron chi connectivity index (χ0n) is 13.6. The van der Waals surface area contributed by atoms with Gasteiger partial charge in [0.1, 0.15) is 0 Å². The Morgan fingerprint density at radius 2 is 1.73 bits per heavy atom. The molecule has 0 aliphatic carbocycles. The van der Waals surface area contributed by atoms with Crippen LogP contribution in [0.1, 0.15) is 25.7 Å². The SMILES string of the molecule is CN1CCC(C(=O)N2CCN(C3CCNCC3)C(=O)C2)CC1. The molecule has 0 radical (unpaired) electrons. The predicted octanol–water partition coefficient (Wildman–Crippen LogP) is -0.249. The molecule has 22 heavy (non-hydrogen) atoms. The monoisotopic (exact) mass is 308 g/mol. The van der Waals surface area contributed by atoms with Gasteiger partial charge in [-0.05, 0) is 58.9 Å². The van der Waals surface area contributed by atoms with Crippen molar-refractivity contribution in [3.8, 4) is 0 Å². The van der Waals surface area contributed by atoms with Crippen molar-refractivity contribution in [2.45, 2.75) is 31.7 Å². The number of likely N-dealkylation sites (tertiary alicyclic amines) is 1. The maximum Gasteiger partial charge on any atom is 0.242 e. The molecule has 0 bridgehead atoms. The van der Waals surface area contributed by atoms with Crippen molar-refractivity contribution in [1.82, 2.24) is 20.0 Å². The quantitative estimate of drug-likeness (QED) is 0.764. The largest absolute Gasteiger partial charge is 0.336 e. The molecule has 1 N–H and O–H groups in total. The normalized spacial score (nSPS) is 26.5. The van der Waals surface area contributed by atoms with Gasteiger partial charge in [-0.2, -0.15) is 0 Å². The molecule has 0 saturated carbocycles. The van der Waals surface area contributed by atoms with Gasteiger partial charge in [0, 0.05) is 25.0 Å². The minimum Gasteiger partial charge on any atom is -0.336 e.